The zero-order valence-electron chi connectivity index (χ0n) is 14.5. The number of hydrogen-bond acceptors (Lipinski definition) is 6. The molecule has 0 aliphatic rings. The van der Waals surface area contributed by atoms with Gasteiger partial charge in [-0.2, -0.15) is 0 Å². The highest BCUT2D eigenvalue weighted by atomic mass is 16.6. The number of methoxy groups -OCH3 is 2. The molecule has 0 N–H and O–H groups in total. The first kappa shape index (κ1) is 19.3. The van der Waals surface area contributed by atoms with E-state index >= 15 is 0 Å². The molecular weight excluding hydrogens is 312 g/mol. The summed E-state index contributed by atoms with van der Waals surface area (Å²) >= 11 is 0. The lowest BCUT2D eigenvalue weighted by atomic mass is 10.1. The summed E-state index contributed by atoms with van der Waals surface area (Å²) in [4.78, 5) is 22.7. The van der Waals surface area contributed by atoms with Crippen molar-refractivity contribution in [3.63, 3.8) is 0 Å². The summed E-state index contributed by atoms with van der Waals surface area (Å²) in [6.45, 7) is 4.92. The monoisotopic (exact) mass is 334 g/mol. The van der Waals surface area contributed by atoms with Crippen molar-refractivity contribution < 1.29 is 28.5 Å². The summed E-state index contributed by atoms with van der Waals surface area (Å²) in [5.41, 5.74) is 1.22. The Hall–Kier alpha value is -2.76. The summed E-state index contributed by atoms with van der Waals surface area (Å²) in [7, 11) is 2.95. The number of hydrogen-bond donors (Lipinski definition) is 0. The van der Waals surface area contributed by atoms with E-state index in [2.05, 4.69) is 0 Å². The maximum atomic E-state index is 12.0. The third-order valence-electron chi connectivity index (χ3n) is 3.13. The smallest absolute Gasteiger partial charge is 0.339 e. The van der Waals surface area contributed by atoms with Gasteiger partial charge in [0.25, 0.3) is 0 Å². The molecule has 6 nitrogen and oxygen atoms in total. The lowest BCUT2D eigenvalue weighted by Gasteiger charge is -2.14. The number of allylic oxidation sites excluding steroid dienone is 1. The fraction of sp³-hybridized carbons (Fsp3) is 0.333. The van der Waals surface area contributed by atoms with Gasteiger partial charge in [-0.25, -0.2) is 4.79 Å². The molecule has 1 aromatic rings. The van der Waals surface area contributed by atoms with Crippen LogP contribution in [0.25, 0.3) is 6.08 Å². The van der Waals surface area contributed by atoms with Crippen LogP contribution in [0.2, 0.25) is 0 Å². The highest BCUT2D eigenvalue weighted by Crippen LogP contribution is 2.39. The van der Waals surface area contributed by atoms with Crippen molar-refractivity contribution in [1.82, 2.24) is 0 Å². The van der Waals surface area contributed by atoms with Gasteiger partial charge < -0.3 is 18.9 Å². The maximum Gasteiger partial charge on any atom is 0.339 e. The predicted octanol–water partition coefficient (Wildman–Crippen LogP) is 3.15. The van der Waals surface area contributed by atoms with Crippen molar-refractivity contribution in [2.24, 2.45) is 0 Å². The highest BCUT2D eigenvalue weighted by Gasteiger charge is 2.17. The van der Waals surface area contributed by atoms with Gasteiger partial charge in [0.1, 0.15) is 6.61 Å². The first-order chi connectivity index (χ1) is 11.4. The molecular formula is C18H22O6. The van der Waals surface area contributed by atoms with Crippen LogP contribution in [0.4, 0.5) is 0 Å². The van der Waals surface area contributed by atoms with E-state index in [4.69, 9.17) is 18.9 Å². The van der Waals surface area contributed by atoms with Crippen molar-refractivity contribution in [2.45, 2.75) is 20.8 Å². The second kappa shape index (κ2) is 9.39. The maximum absolute atomic E-state index is 12.0. The van der Waals surface area contributed by atoms with Crippen molar-refractivity contribution in [2.75, 3.05) is 20.8 Å². The van der Waals surface area contributed by atoms with Crippen molar-refractivity contribution in [3.8, 4) is 17.2 Å². The van der Waals surface area contributed by atoms with E-state index in [1.54, 1.807) is 44.2 Å². The quantitative estimate of drug-likeness (QED) is 0.433. The van der Waals surface area contributed by atoms with Crippen molar-refractivity contribution in [3.05, 3.63) is 35.4 Å². The van der Waals surface area contributed by atoms with E-state index in [9.17, 15) is 9.59 Å². The molecule has 0 atom stereocenters. The minimum Gasteiger partial charge on any atom is -0.493 e. The molecule has 1 rings (SSSR count). The summed E-state index contributed by atoms with van der Waals surface area (Å²) in [6.07, 6.45) is 5.09. The summed E-state index contributed by atoms with van der Waals surface area (Å²) < 4.78 is 20.8. The Kier molecular flexibility index (Phi) is 7.55. The number of ether oxygens (including phenoxy) is 4. The van der Waals surface area contributed by atoms with Crippen LogP contribution in [0.15, 0.2) is 29.9 Å². The molecule has 0 aliphatic carbocycles. The standard InChI is InChI=1S/C18H22O6/c1-6-12(2)18(20)24-17-15(21-4)10-14(11-16(17)22-5)8-7-9-23-13(3)19/h6-8,10-11H,9H2,1-5H3. The molecule has 0 amide bonds. The molecule has 0 spiro atoms. The van der Waals surface area contributed by atoms with Gasteiger partial charge in [-0.1, -0.05) is 12.2 Å². The Labute approximate surface area is 141 Å². The third-order valence-corrected chi connectivity index (χ3v) is 3.13. The first-order valence-corrected chi connectivity index (χ1v) is 7.34. The topological polar surface area (TPSA) is 71.1 Å². The van der Waals surface area contributed by atoms with Crippen LogP contribution >= 0.6 is 0 Å². The van der Waals surface area contributed by atoms with E-state index in [1.807, 2.05) is 0 Å². The molecule has 0 bridgehead atoms. The van der Waals surface area contributed by atoms with Gasteiger partial charge in [-0.15, -0.1) is 0 Å². The van der Waals surface area contributed by atoms with Crippen LogP contribution in [-0.2, 0) is 14.3 Å². The molecule has 24 heavy (non-hydrogen) atoms. The fourth-order valence-corrected chi connectivity index (χ4v) is 1.74. The molecule has 0 saturated heterocycles. The molecule has 0 heterocycles. The van der Waals surface area contributed by atoms with E-state index in [0.717, 1.165) is 5.56 Å². The first-order valence-electron chi connectivity index (χ1n) is 7.34. The molecule has 6 heteroatoms. The van der Waals surface area contributed by atoms with E-state index in [0.29, 0.717) is 17.1 Å². The Balaban J connectivity index is 3.09. The van der Waals surface area contributed by atoms with Crippen LogP contribution < -0.4 is 14.2 Å². The molecule has 0 aromatic heterocycles. The SMILES string of the molecule is CC=C(C)C(=O)Oc1c(OC)cc(C=CCOC(C)=O)cc1OC. The minimum atomic E-state index is -0.479. The number of carbonyl (C=O) groups excluding carboxylic acids is 2. The van der Waals surface area contributed by atoms with Gasteiger partial charge >= 0.3 is 11.9 Å². The zero-order chi connectivity index (χ0) is 18.1. The normalized spacial score (nSPS) is 11.3. The van der Waals surface area contributed by atoms with Gasteiger partial charge in [0.15, 0.2) is 11.5 Å². The van der Waals surface area contributed by atoms with Crippen LogP contribution in [-0.4, -0.2) is 32.8 Å². The number of esters is 2. The van der Waals surface area contributed by atoms with Gasteiger partial charge in [-0.3, -0.25) is 4.79 Å². The number of rotatable bonds is 7. The van der Waals surface area contributed by atoms with Gasteiger partial charge in [0.05, 0.1) is 14.2 Å². The molecule has 0 radical (unpaired) electrons. The lowest BCUT2D eigenvalue weighted by molar-refractivity contribution is -0.139. The van der Waals surface area contributed by atoms with E-state index in [-0.39, 0.29) is 18.3 Å². The second-order valence-corrected chi connectivity index (χ2v) is 4.82. The Morgan fingerprint density at radius 1 is 1.08 bits per heavy atom. The molecule has 0 aliphatic heterocycles. The molecule has 0 unspecified atom stereocenters. The zero-order valence-corrected chi connectivity index (χ0v) is 14.5. The van der Waals surface area contributed by atoms with E-state index in [1.165, 1.54) is 21.1 Å². The molecule has 0 saturated carbocycles. The fourth-order valence-electron chi connectivity index (χ4n) is 1.74. The molecule has 1 aromatic carbocycles. The highest BCUT2D eigenvalue weighted by molar-refractivity contribution is 5.90. The van der Waals surface area contributed by atoms with Gasteiger partial charge in [0.2, 0.25) is 5.75 Å². The van der Waals surface area contributed by atoms with Gasteiger partial charge in [-0.05, 0) is 37.6 Å². The van der Waals surface area contributed by atoms with Crippen molar-refractivity contribution >= 4 is 18.0 Å². The average molecular weight is 334 g/mol. The average Bonchev–Trinajstić information content (AvgIpc) is 2.58. The number of benzene rings is 1. The molecule has 0 fully saturated rings. The predicted molar refractivity (Wildman–Crippen MR) is 90.3 cm³/mol. The minimum absolute atomic E-state index is 0.164. The van der Waals surface area contributed by atoms with Crippen LogP contribution in [0.1, 0.15) is 26.3 Å². The van der Waals surface area contributed by atoms with Crippen LogP contribution in [0, 0.1) is 0 Å². The van der Waals surface area contributed by atoms with Crippen molar-refractivity contribution in [1.29, 1.82) is 0 Å². The summed E-state index contributed by atoms with van der Waals surface area (Å²) in [5, 5.41) is 0. The van der Waals surface area contributed by atoms with Crippen LogP contribution in [0.5, 0.6) is 17.2 Å². The largest absolute Gasteiger partial charge is 0.493 e. The van der Waals surface area contributed by atoms with Gasteiger partial charge in [0, 0.05) is 12.5 Å². The summed E-state index contributed by atoms with van der Waals surface area (Å²) in [5.74, 6) is 0.101. The third kappa shape index (κ3) is 5.46. The molecule has 130 valence electrons. The summed E-state index contributed by atoms with van der Waals surface area (Å²) in [6, 6.07) is 3.39. The Morgan fingerprint density at radius 2 is 1.67 bits per heavy atom. The van der Waals surface area contributed by atoms with E-state index < -0.39 is 5.97 Å². The van der Waals surface area contributed by atoms with Crippen LogP contribution in [0.3, 0.4) is 0 Å². The Bertz CT molecular complexity index is 632. The lowest BCUT2D eigenvalue weighted by Crippen LogP contribution is -2.10. The number of carbonyl (C=O) groups is 2. The second-order valence-electron chi connectivity index (χ2n) is 4.82. The Morgan fingerprint density at radius 3 is 2.12 bits per heavy atom.